The number of ether oxygens (including phenoxy) is 1. The van der Waals surface area contributed by atoms with Crippen LogP contribution in [0.2, 0.25) is 18.1 Å². The summed E-state index contributed by atoms with van der Waals surface area (Å²) in [7, 11) is -0.377. The van der Waals surface area contributed by atoms with E-state index in [1.165, 1.54) is 7.11 Å². The molecule has 0 aromatic rings. The zero-order valence-corrected chi connectivity index (χ0v) is 12.1. The molecule has 1 saturated heterocycles. The van der Waals surface area contributed by atoms with Crippen molar-refractivity contribution < 1.29 is 14.0 Å². The predicted molar refractivity (Wildman–Crippen MR) is 65.9 cm³/mol. The summed E-state index contributed by atoms with van der Waals surface area (Å²) in [5.41, 5.74) is 0. The van der Waals surface area contributed by atoms with Crippen LogP contribution in [0, 0.1) is 0 Å². The molecule has 1 aliphatic rings. The number of rotatable bonds is 3. The quantitative estimate of drug-likeness (QED) is 0.605. The van der Waals surface area contributed by atoms with Crippen LogP contribution >= 0.6 is 0 Å². The fourth-order valence-corrected chi connectivity index (χ4v) is 2.69. The molecule has 94 valence electrons. The minimum atomic E-state index is -1.79. The molecule has 0 amide bonds. The second kappa shape index (κ2) is 4.47. The number of carbonyl (C=O) groups is 1. The first-order valence-corrected chi connectivity index (χ1v) is 8.59. The van der Waals surface area contributed by atoms with E-state index in [1.807, 2.05) is 0 Å². The summed E-state index contributed by atoms with van der Waals surface area (Å²) in [6, 6.07) is -0.279. The molecule has 1 unspecified atom stereocenters. The summed E-state index contributed by atoms with van der Waals surface area (Å²) >= 11 is 0. The van der Waals surface area contributed by atoms with Crippen molar-refractivity contribution in [1.82, 2.24) is 5.32 Å². The van der Waals surface area contributed by atoms with Crippen LogP contribution in [0.25, 0.3) is 0 Å². The maximum atomic E-state index is 11.4. The van der Waals surface area contributed by atoms with Crippen molar-refractivity contribution >= 4 is 14.3 Å². The molecule has 2 atom stereocenters. The average Bonchev–Trinajstić information content (AvgIpc) is 2.10. The van der Waals surface area contributed by atoms with E-state index < -0.39 is 8.32 Å². The fraction of sp³-hybridized carbons (Fsp3) is 0.909. The van der Waals surface area contributed by atoms with Crippen molar-refractivity contribution in [3.63, 3.8) is 0 Å². The van der Waals surface area contributed by atoms with E-state index in [0.29, 0.717) is 0 Å². The van der Waals surface area contributed by atoms with Gasteiger partial charge in [0.2, 0.25) is 0 Å². The van der Waals surface area contributed by atoms with Gasteiger partial charge in [-0.25, -0.2) is 0 Å². The van der Waals surface area contributed by atoms with E-state index in [4.69, 9.17) is 9.16 Å². The van der Waals surface area contributed by atoms with Gasteiger partial charge in [0.05, 0.1) is 13.2 Å². The van der Waals surface area contributed by atoms with Gasteiger partial charge in [0.25, 0.3) is 0 Å². The molecule has 1 aliphatic heterocycles. The molecule has 16 heavy (non-hydrogen) atoms. The van der Waals surface area contributed by atoms with E-state index in [1.54, 1.807) is 0 Å². The van der Waals surface area contributed by atoms with E-state index in [9.17, 15) is 4.79 Å². The molecule has 1 heterocycles. The van der Waals surface area contributed by atoms with Gasteiger partial charge in [-0.2, -0.15) is 0 Å². The first-order chi connectivity index (χ1) is 7.19. The third-order valence-electron chi connectivity index (χ3n) is 3.62. The summed E-state index contributed by atoms with van der Waals surface area (Å²) < 4.78 is 10.9. The zero-order chi connectivity index (χ0) is 12.6. The smallest absolute Gasteiger partial charge is 0.325 e. The Morgan fingerprint density at radius 2 is 1.94 bits per heavy atom. The number of hydrogen-bond acceptors (Lipinski definition) is 4. The van der Waals surface area contributed by atoms with Crippen LogP contribution in [0.15, 0.2) is 0 Å². The van der Waals surface area contributed by atoms with Crippen molar-refractivity contribution in [1.29, 1.82) is 0 Å². The Balaban J connectivity index is 2.59. The zero-order valence-electron chi connectivity index (χ0n) is 11.1. The molecule has 0 saturated carbocycles. The van der Waals surface area contributed by atoms with Crippen molar-refractivity contribution in [3.8, 4) is 0 Å². The lowest BCUT2D eigenvalue weighted by atomic mass is 10.0. The number of methoxy groups -OCH3 is 1. The Kier molecular flexibility index (Phi) is 3.82. The molecule has 1 fully saturated rings. The first kappa shape index (κ1) is 13.7. The van der Waals surface area contributed by atoms with Crippen LogP contribution in [0.1, 0.15) is 20.8 Å². The molecule has 0 radical (unpaired) electrons. The Hall–Kier alpha value is -0.393. The predicted octanol–water partition coefficient (Wildman–Crippen LogP) is 1.52. The van der Waals surface area contributed by atoms with E-state index >= 15 is 0 Å². The SMILES string of the molecule is COC(=O)[C@H]1NCC1O[Si](C)(C)C(C)(C)C. The highest BCUT2D eigenvalue weighted by atomic mass is 28.4. The molecule has 0 aromatic carbocycles. The minimum absolute atomic E-state index is 0.0201. The van der Waals surface area contributed by atoms with Crippen LogP contribution in [-0.4, -0.2) is 40.1 Å². The van der Waals surface area contributed by atoms with Crippen molar-refractivity contribution in [2.45, 2.75) is 51.0 Å². The minimum Gasteiger partial charge on any atom is -0.468 e. The molecular formula is C11H23NO3Si. The monoisotopic (exact) mass is 245 g/mol. The lowest BCUT2D eigenvalue weighted by Gasteiger charge is -2.45. The van der Waals surface area contributed by atoms with Crippen molar-refractivity contribution in [3.05, 3.63) is 0 Å². The van der Waals surface area contributed by atoms with Crippen LogP contribution in [0.5, 0.6) is 0 Å². The highest BCUT2D eigenvalue weighted by Crippen LogP contribution is 2.38. The lowest BCUT2D eigenvalue weighted by Crippen LogP contribution is -2.65. The first-order valence-electron chi connectivity index (χ1n) is 5.68. The Labute approximate surface area is 98.8 Å². The second-order valence-electron chi connectivity index (χ2n) is 5.83. The van der Waals surface area contributed by atoms with Crippen molar-refractivity contribution in [2.24, 2.45) is 0 Å². The summed E-state index contributed by atoms with van der Waals surface area (Å²) in [5.74, 6) is -0.227. The van der Waals surface area contributed by atoms with Gasteiger partial charge in [-0.3, -0.25) is 10.1 Å². The maximum Gasteiger partial charge on any atom is 0.325 e. The van der Waals surface area contributed by atoms with E-state index in [-0.39, 0.29) is 23.2 Å². The molecule has 0 bridgehead atoms. The number of hydrogen-bond donors (Lipinski definition) is 1. The standard InChI is InChI=1S/C11H23NO3Si/c1-11(2,3)16(5,6)15-8-7-12-9(8)10(13)14-4/h8-9,12H,7H2,1-6H3/t8?,9-/m0/s1. The summed E-state index contributed by atoms with van der Waals surface area (Å²) in [4.78, 5) is 11.4. The normalized spacial score (nSPS) is 26.1. The van der Waals surface area contributed by atoms with Crippen LogP contribution < -0.4 is 5.32 Å². The fourth-order valence-electron chi connectivity index (χ4n) is 1.36. The Bertz CT molecular complexity index is 273. The molecule has 0 aromatic heterocycles. The molecule has 0 aliphatic carbocycles. The molecule has 1 rings (SSSR count). The Morgan fingerprint density at radius 3 is 2.25 bits per heavy atom. The number of nitrogens with one attached hydrogen (secondary N) is 1. The largest absolute Gasteiger partial charge is 0.468 e. The number of esters is 1. The highest BCUT2D eigenvalue weighted by molar-refractivity contribution is 6.74. The Morgan fingerprint density at radius 1 is 1.38 bits per heavy atom. The van der Waals surface area contributed by atoms with Gasteiger partial charge in [-0.05, 0) is 18.1 Å². The summed E-state index contributed by atoms with van der Waals surface area (Å²) in [5, 5.41) is 3.21. The van der Waals surface area contributed by atoms with Gasteiger partial charge >= 0.3 is 5.97 Å². The van der Waals surface area contributed by atoms with Crippen LogP contribution in [0.4, 0.5) is 0 Å². The van der Waals surface area contributed by atoms with E-state index in [2.05, 4.69) is 39.2 Å². The van der Waals surface area contributed by atoms with Gasteiger partial charge < -0.3 is 9.16 Å². The van der Waals surface area contributed by atoms with Crippen LogP contribution in [0.3, 0.4) is 0 Å². The van der Waals surface area contributed by atoms with Gasteiger partial charge in [-0.1, -0.05) is 20.8 Å². The summed E-state index contributed by atoms with van der Waals surface area (Å²) in [6.07, 6.45) is -0.0201. The molecule has 4 nitrogen and oxygen atoms in total. The summed E-state index contributed by atoms with van der Waals surface area (Å²) in [6.45, 7) is 11.7. The van der Waals surface area contributed by atoms with Gasteiger partial charge in [0, 0.05) is 6.54 Å². The molecule has 5 heteroatoms. The third kappa shape index (κ3) is 2.64. The van der Waals surface area contributed by atoms with Crippen molar-refractivity contribution in [2.75, 3.05) is 13.7 Å². The third-order valence-corrected chi connectivity index (χ3v) is 8.12. The number of carbonyl (C=O) groups excluding carboxylic acids is 1. The topological polar surface area (TPSA) is 47.6 Å². The average molecular weight is 245 g/mol. The van der Waals surface area contributed by atoms with Gasteiger partial charge in [-0.15, -0.1) is 0 Å². The highest BCUT2D eigenvalue weighted by Gasteiger charge is 2.45. The molecule has 0 spiro atoms. The lowest BCUT2D eigenvalue weighted by molar-refractivity contribution is -0.149. The van der Waals surface area contributed by atoms with E-state index in [0.717, 1.165) is 6.54 Å². The molecular weight excluding hydrogens is 222 g/mol. The van der Waals surface area contributed by atoms with Gasteiger partial charge in [0.15, 0.2) is 8.32 Å². The molecule has 1 N–H and O–H groups in total. The second-order valence-corrected chi connectivity index (χ2v) is 10.6. The van der Waals surface area contributed by atoms with Crippen LogP contribution in [-0.2, 0) is 14.0 Å². The maximum absolute atomic E-state index is 11.4. The van der Waals surface area contributed by atoms with Gasteiger partial charge in [0.1, 0.15) is 6.04 Å².